The molecule has 1 aromatic heterocycles. The zero-order valence-corrected chi connectivity index (χ0v) is 15.1. The van der Waals surface area contributed by atoms with Crippen LogP contribution in [0.25, 0.3) is 0 Å². The lowest BCUT2D eigenvalue weighted by Gasteiger charge is -2.19. The molecule has 1 heterocycles. The third kappa shape index (κ3) is 5.09. The van der Waals surface area contributed by atoms with Crippen molar-refractivity contribution in [1.82, 2.24) is 9.62 Å². The number of likely N-dealkylation sites (N-methyl/N-ethyl adjacent to an activating group) is 1. The van der Waals surface area contributed by atoms with Crippen molar-refractivity contribution in [2.45, 2.75) is 31.7 Å². The molecule has 1 rings (SSSR count). The topological polar surface area (TPSA) is 75.4 Å². The summed E-state index contributed by atoms with van der Waals surface area (Å²) < 4.78 is 27.7. The minimum atomic E-state index is -3.47. The number of nitrogens with zero attached hydrogens (tertiary/aromatic N) is 1. The van der Waals surface area contributed by atoms with Gasteiger partial charge in [0.2, 0.25) is 10.0 Å². The lowest BCUT2D eigenvalue weighted by molar-refractivity contribution is 0.293. The maximum atomic E-state index is 12.2. The van der Waals surface area contributed by atoms with E-state index in [0.717, 1.165) is 30.9 Å². The second kappa shape index (κ2) is 8.45. The first-order chi connectivity index (χ1) is 9.44. The van der Waals surface area contributed by atoms with Crippen LogP contribution in [0.5, 0.6) is 0 Å². The van der Waals surface area contributed by atoms with Gasteiger partial charge in [-0.15, -0.1) is 11.3 Å². The second-order valence-corrected chi connectivity index (χ2v) is 8.58. The number of nitrogens with one attached hydrogen (secondary N) is 1. The minimum Gasteiger partial charge on any atom is -0.326 e. The summed E-state index contributed by atoms with van der Waals surface area (Å²) in [7, 11) is -3.47. The van der Waals surface area contributed by atoms with Gasteiger partial charge in [-0.1, -0.05) is 13.8 Å². The van der Waals surface area contributed by atoms with Crippen molar-refractivity contribution in [1.29, 1.82) is 0 Å². The molecule has 0 atom stereocenters. The number of sulfonamides is 1. The summed E-state index contributed by atoms with van der Waals surface area (Å²) in [6.45, 7) is 7.58. The Hall–Kier alpha value is 0.01000. The average molecular weight is 384 g/mol. The van der Waals surface area contributed by atoms with Crippen LogP contribution in [0.1, 0.15) is 25.1 Å². The molecule has 20 heavy (non-hydrogen) atoms. The molecule has 0 aliphatic rings. The molecule has 0 spiro atoms. The molecular formula is C12H22BrN3O2S2. The molecule has 0 fully saturated rings. The van der Waals surface area contributed by atoms with E-state index < -0.39 is 10.0 Å². The molecule has 0 aliphatic heterocycles. The molecule has 0 saturated carbocycles. The number of hydrogen-bond acceptors (Lipinski definition) is 5. The summed E-state index contributed by atoms with van der Waals surface area (Å²) in [5.74, 6) is 0. The highest BCUT2D eigenvalue weighted by Gasteiger charge is 2.20. The normalized spacial score (nSPS) is 12.2. The van der Waals surface area contributed by atoms with Crippen LogP contribution in [0.4, 0.5) is 0 Å². The van der Waals surface area contributed by atoms with Crippen LogP contribution in [-0.2, 0) is 16.6 Å². The van der Waals surface area contributed by atoms with Crippen LogP contribution < -0.4 is 10.5 Å². The van der Waals surface area contributed by atoms with E-state index in [0.29, 0.717) is 16.9 Å². The van der Waals surface area contributed by atoms with E-state index in [1.807, 2.05) is 0 Å². The van der Waals surface area contributed by atoms with Gasteiger partial charge < -0.3 is 10.6 Å². The molecular weight excluding hydrogens is 362 g/mol. The maximum Gasteiger partial charge on any atom is 0.242 e. The first-order valence-corrected chi connectivity index (χ1v) is 9.74. The lowest BCUT2D eigenvalue weighted by atomic mass is 10.4. The van der Waals surface area contributed by atoms with Gasteiger partial charge in [0, 0.05) is 24.5 Å². The summed E-state index contributed by atoms with van der Waals surface area (Å²) >= 11 is 4.64. The van der Waals surface area contributed by atoms with Crippen LogP contribution in [0.3, 0.4) is 0 Å². The number of thiophene rings is 1. The van der Waals surface area contributed by atoms with Crippen molar-refractivity contribution in [3.63, 3.8) is 0 Å². The summed E-state index contributed by atoms with van der Waals surface area (Å²) in [5.41, 5.74) is 5.53. The summed E-state index contributed by atoms with van der Waals surface area (Å²) in [4.78, 5) is 3.34. The molecule has 5 nitrogen and oxygen atoms in total. The first-order valence-electron chi connectivity index (χ1n) is 6.64. The Kier molecular flexibility index (Phi) is 7.63. The van der Waals surface area contributed by atoms with Crippen molar-refractivity contribution in [3.05, 3.63) is 14.7 Å². The van der Waals surface area contributed by atoms with Crippen LogP contribution in [-0.4, -0.2) is 39.5 Å². The Morgan fingerprint density at radius 1 is 1.40 bits per heavy atom. The Morgan fingerprint density at radius 3 is 2.60 bits per heavy atom. The lowest BCUT2D eigenvalue weighted by Crippen LogP contribution is -2.35. The van der Waals surface area contributed by atoms with E-state index in [1.165, 1.54) is 11.3 Å². The predicted octanol–water partition coefficient (Wildman–Crippen LogP) is 1.98. The highest BCUT2D eigenvalue weighted by molar-refractivity contribution is 9.11. The van der Waals surface area contributed by atoms with Crippen LogP contribution in [0.15, 0.2) is 14.7 Å². The predicted molar refractivity (Wildman–Crippen MR) is 87.5 cm³/mol. The molecule has 3 N–H and O–H groups in total. The average Bonchev–Trinajstić information content (AvgIpc) is 2.79. The van der Waals surface area contributed by atoms with E-state index in [1.54, 1.807) is 6.07 Å². The Morgan fingerprint density at radius 2 is 2.10 bits per heavy atom. The number of halogens is 1. The van der Waals surface area contributed by atoms with Crippen molar-refractivity contribution in [2.75, 3.05) is 26.2 Å². The van der Waals surface area contributed by atoms with Crippen LogP contribution in [0, 0.1) is 0 Å². The second-order valence-electron chi connectivity index (χ2n) is 4.39. The molecule has 0 radical (unpaired) electrons. The van der Waals surface area contributed by atoms with Gasteiger partial charge in [-0.3, -0.25) is 0 Å². The van der Waals surface area contributed by atoms with E-state index >= 15 is 0 Å². The molecule has 0 aliphatic carbocycles. The summed E-state index contributed by atoms with van der Waals surface area (Å²) in [6.07, 6.45) is 1.07. The van der Waals surface area contributed by atoms with Gasteiger partial charge in [0.1, 0.15) is 4.90 Å². The zero-order valence-electron chi connectivity index (χ0n) is 11.9. The van der Waals surface area contributed by atoms with Gasteiger partial charge in [-0.2, -0.15) is 0 Å². The monoisotopic (exact) mass is 383 g/mol. The van der Waals surface area contributed by atoms with Crippen molar-refractivity contribution in [3.8, 4) is 0 Å². The molecule has 116 valence electrons. The highest BCUT2D eigenvalue weighted by atomic mass is 79.9. The molecule has 8 heteroatoms. The first kappa shape index (κ1) is 18.1. The molecule has 1 aromatic rings. The molecule has 0 aromatic carbocycles. The fraction of sp³-hybridized carbons (Fsp3) is 0.667. The van der Waals surface area contributed by atoms with Gasteiger partial charge in [0.25, 0.3) is 0 Å². The zero-order chi connectivity index (χ0) is 15.2. The number of nitrogens with two attached hydrogens (primary N) is 1. The SMILES string of the molecule is CCCN(CC)CCNS(=O)(=O)c1cc(CN)sc1Br. The summed E-state index contributed by atoms with van der Waals surface area (Å²) in [6, 6.07) is 1.63. The smallest absolute Gasteiger partial charge is 0.242 e. The fourth-order valence-electron chi connectivity index (χ4n) is 1.84. The van der Waals surface area contributed by atoms with Gasteiger partial charge in [0.05, 0.1) is 3.79 Å². The van der Waals surface area contributed by atoms with Gasteiger partial charge >= 0.3 is 0 Å². The maximum absolute atomic E-state index is 12.2. The Balaban J connectivity index is 2.63. The third-order valence-electron chi connectivity index (χ3n) is 2.90. The van der Waals surface area contributed by atoms with Crippen LogP contribution >= 0.6 is 27.3 Å². The Bertz CT molecular complexity index is 517. The molecule has 0 saturated heterocycles. The largest absolute Gasteiger partial charge is 0.326 e. The third-order valence-corrected chi connectivity index (χ3v) is 6.64. The summed E-state index contributed by atoms with van der Waals surface area (Å²) in [5, 5.41) is 0. The van der Waals surface area contributed by atoms with Crippen molar-refractivity contribution < 1.29 is 8.42 Å². The van der Waals surface area contributed by atoms with Gasteiger partial charge in [0.15, 0.2) is 0 Å². The van der Waals surface area contributed by atoms with Gasteiger partial charge in [-0.05, 0) is 41.5 Å². The minimum absolute atomic E-state index is 0.279. The standard InChI is InChI=1S/C12H22BrN3O2S2/c1-3-6-16(4-2)7-5-15-20(17,18)11-8-10(9-14)19-12(11)13/h8,15H,3-7,9,14H2,1-2H3. The molecule has 0 unspecified atom stereocenters. The fourth-order valence-corrected chi connectivity index (χ4v) is 5.42. The van der Waals surface area contributed by atoms with E-state index in [-0.39, 0.29) is 4.90 Å². The van der Waals surface area contributed by atoms with Crippen molar-refractivity contribution >= 4 is 37.3 Å². The highest BCUT2D eigenvalue weighted by Crippen LogP contribution is 2.31. The van der Waals surface area contributed by atoms with E-state index in [9.17, 15) is 8.42 Å². The number of hydrogen-bond donors (Lipinski definition) is 2. The molecule has 0 bridgehead atoms. The van der Waals surface area contributed by atoms with Crippen molar-refractivity contribution in [2.24, 2.45) is 5.73 Å². The van der Waals surface area contributed by atoms with Gasteiger partial charge in [-0.25, -0.2) is 13.1 Å². The Labute approximate surface area is 133 Å². The van der Waals surface area contributed by atoms with E-state index in [2.05, 4.69) is 39.4 Å². The quantitative estimate of drug-likeness (QED) is 0.683. The van der Waals surface area contributed by atoms with Crippen LogP contribution in [0.2, 0.25) is 0 Å². The van der Waals surface area contributed by atoms with E-state index in [4.69, 9.17) is 5.73 Å². The number of rotatable bonds is 9. The molecule has 0 amide bonds.